The maximum atomic E-state index is 13.5. The summed E-state index contributed by atoms with van der Waals surface area (Å²) >= 11 is 0. The number of rotatable bonds is 2. The Kier molecular flexibility index (Phi) is 3.73. The summed E-state index contributed by atoms with van der Waals surface area (Å²) in [6, 6.07) is 8.76. The minimum absolute atomic E-state index is 0.287. The summed E-state index contributed by atoms with van der Waals surface area (Å²) in [5, 5.41) is 18.7. The van der Waals surface area contributed by atoms with Gasteiger partial charge in [-0.15, -0.1) is 0 Å². The molecule has 0 spiro atoms. The van der Waals surface area contributed by atoms with Crippen molar-refractivity contribution < 1.29 is 13.9 Å². The standard InChI is InChI=1S/C16H13F2N3O/c17-13-3-2-11(5-14(13)18)15-6-12(22)9-21(15)16-4-1-10(7-19)8-20-16/h1-5,8,12,15,22H,6,9H2/t12-,15+/m1/s1. The van der Waals surface area contributed by atoms with Crippen molar-refractivity contribution in [1.29, 1.82) is 5.26 Å². The first-order chi connectivity index (χ1) is 10.6. The first-order valence-electron chi connectivity index (χ1n) is 6.84. The van der Waals surface area contributed by atoms with Crippen LogP contribution in [0.5, 0.6) is 0 Å². The van der Waals surface area contributed by atoms with Gasteiger partial charge in [0.15, 0.2) is 11.6 Å². The van der Waals surface area contributed by atoms with Gasteiger partial charge in [-0.2, -0.15) is 5.26 Å². The number of pyridine rings is 1. The second-order valence-corrected chi connectivity index (χ2v) is 5.25. The molecule has 0 aliphatic carbocycles. The van der Waals surface area contributed by atoms with E-state index >= 15 is 0 Å². The number of benzene rings is 1. The molecule has 6 heteroatoms. The quantitative estimate of drug-likeness (QED) is 0.926. The van der Waals surface area contributed by atoms with Crippen molar-refractivity contribution in [2.75, 3.05) is 11.4 Å². The molecule has 0 unspecified atom stereocenters. The van der Waals surface area contributed by atoms with Crippen LogP contribution in [0.3, 0.4) is 0 Å². The van der Waals surface area contributed by atoms with E-state index in [-0.39, 0.29) is 6.04 Å². The fourth-order valence-corrected chi connectivity index (χ4v) is 2.72. The van der Waals surface area contributed by atoms with Crippen LogP contribution < -0.4 is 4.90 Å². The van der Waals surface area contributed by atoms with Gasteiger partial charge in [0.05, 0.1) is 17.7 Å². The highest BCUT2D eigenvalue weighted by atomic mass is 19.2. The molecule has 1 N–H and O–H groups in total. The summed E-state index contributed by atoms with van der Waals surface area (Å²) in [6.07, 6.45) is 1.28. The van der Waals surface area contributed by atoms with Crippen LogP contribution in [-0.2, 0) is 0 Å². The highest BCUT2D eigenvalue weighted by Crippen LogP contribution is 2.35. The van der Waals surface area contributed by atoms with Gasteiger partial charge in [0.25, 0.3) is 0 Å². The molecule has 1 aliphatic rings. The van der Waals surface area contributed by atoms with Crippen LogP contribution in [0, 0.1) is 23.0 Å². The van der Waals surface area contributed by atoms with Crippen molar-refractivity contribution in [1.82, 2.24) is 4.98 Å². The Bertz CT molecular complexity index is 727. The third-order valence-electron chi connectivity index (χ3n) is 3.78. The van der Waals surface area contributed by atoms with Crippen LogP contribution >= 0.6 is 0 Å². The Morgan fingerprint density at radius 1 is 1.23 bits per heavy atom. The maximum Gasteiger partial charge on any atom is 0.159 e. The second-order valence-electron chi connectivity index (χ2n) is 5.25. The van der Waals surface area contributed by atoms with Gasteiger partial charge in [0, 0.05) is 12.7 Å². The summed E-state index contributed by atoms with van der Waals surface area (Å²) in [6.45, 7) is 0.350. The van der Waals surface area contributed by atoms with Crippen LogP contribution in [0.2, 0.25) is 0 Å². The molecule has 0 radical (unpaired) electrons. The summed E-state index contributed by atoms with van der Waals surface area (Å²) < 4.78 is 26.5. The Morgan fingerprint density at radius 3 is 2.68 bits per heavy atom. The first-order valence-corrected chi connectivity index (χ1v) is 6.84. The van der Waals surface area contributed by atoms with E-state index in [2.05, 4.69) is 4.98 Å². The van der Waals surface area contributed by atoms with Gasteiger partial charge in [-0.3, -0.25) is 0 Å². The molecule has 1 saturated heterocycles. The summed E-state index contributed by atoms with van der Waals surface area (Å²) in [5.41, 5.74) is 1.02. The van der Waals surface area contributed by atoms with E-state index in [1.54, 1.807) is 12.1 Å². The number of halogens is 2. The van der Waals surface area contributed by atoms with Crippen LogP contribution in [0.1, 0.15) is 23.6 Å². The Hall–Kier alpha value is -2.52. The number of aliphatic hydroxyl groups excluding tert-OH is 1. The molecule has 0 amide bonds. The fourth-order valence-electron chi connectivity index (χ4n) is 2.72. The third kappa shape index (κ3) is 2.63. The monoisotopic (exact) mass is 301 g/mol. The number of hydrogen-bond acceptors (Lipinski definition) is 4. The van der Waals surface area contributed by atoms with Crippen molar-refractivity contribution in [3.63, 3.8) is 0 Å². The minimum Gasteiger partial charge on any atom is -0.391 e. The molecule has 0 bridgehead atoms. The van der Waals surface area contributed by atoms with Crippen molar-refractivity contribution in [3.8, 4) is 6.07 Å². The summed E-state index contributed by atoms with van der Waals surface area (Å²) in [7, 11) is 0. The molecule has 112 valence electrons. The molecular formula is C16H13F2N3O. The van der Waals surface area contributed by atoms with Crippen molar-refractivity contribution in [2.45, 2.75) is 18.6 Å². The van der Waals surface area contributed by atoms with Gasteiger partial charge >= 0.3 is 0 Å². The highest BCUT2D eigenvalue weighted by Gasteiger charge is 2.33. The average Bonchev–Trinajstić information content (AvgIpc) is 2.92. The topological polar surface area (TPSA) is 60.2 Å². The number of β-amino-alcohol motifs (C(OH)–C–C–N with tert-alkyl or cyclic N) is 1. The lowest BCUT2D eigenvalue weighted by Crippen LogP contribution is -2.25. The van der Waals surface area contributed by atoms with Crippen LogP contribution in [0.15, 0.2) is 36.5 Å². The number of hydrogen-bond donors (Lipinski definition) is 1. The molecule has 2 heterocycles. The van der Waals surface area contributed by atoms with Gasteiger partial charge in [0.1, 0.15) is 11.9 Å². The van der Waals surface area contributed by atoms with Gasteiger partial charge in [0.2, 0.25) is 0 Å². The lowest BCUT2D eigenvalue weighted by Gasteiger charge is -2.25. The average molecular weight is 301 g/mol. The third-order valence-corrected chi connectivity index (χ3v) is 3.78. The molecule has 2 atom stereocenters. The Labute approximate surface area is 126 Å². The van der Waals surface area contributed by atoms with Crippen molar-refractivity contribution in [3.05, 3.63) is 59.3 Å². The molecule has 3 rings (SSSR count). The Balaban J connectivity index is 1.94. The van der Waals surface area contributed by atoms with Gasteiger partial charge < -0.3 is 10.0 Å². The predicted octanol–water partition coefficient (Wildman–Crippen LogP) is 2.54. The van der Waals surface area contributed by atoms with Gasteiger partial charge in [-0.25, -0.2) is 13.8 Å². The first kappa shape index (κ1) is 14.4. The van der Waals surface area contributed by atoms with Crippen molar-refractivity contribution in [2.24, 2.45) is 0 Å². The minimum atomic E-state index is -0.911. The SMILES string of the molecule is N#Cc1ccc(N2C[C@H](O)C[C@H]2c2ccc(F)c(F)c2)nc1. The number of nitriles is 1. The van der Waals surface area contributed by atoms with E-state index in [1.807, 2.05) is 11.0 Å². The van der Waals surface area contributed by atoms with E-state index in [0.29, 0.717) is 29.9 Å². The largest absolute Gasteiger partial charge is 0.391 e. The number of aliphatic hydroxyl groups is 1. The second kappa shape index (κ2) is 5.70. The summed E-state index contributed by atoms with van der Waals surface area (Å²) in [4.78, 5) is 6.04. The molecule has 22 heavy (non-hydrogen) atoms. The maximum absolute atomic E-state index is 13.5. The van der Waals surface area contributed by atoms with Crippen LogP contribution in [0.4, 0.5) is 14.6 Å². The molecule has 1 aromatic heterocycles. The smallest absolute Gasteiger partial charge is 0.159 e. The summed E-state index contributed by atoms with van der Waals surface area (Å²) in [5.74, 6) is -1.22. The van der Waals surface area contributed by atoms with Crippen LogP contribution in [0.25, 0.3) is 0 Å². The molecule has 2 aromatic rings. The fraction of sp³-hybridized carbons (Fsp3) is 0.250. The van der Waals surface area contributed by atoms with E-state index in [0.717, 1.165) is 12.1 Å². The number of aromatic nitrogens is 1. The van der Waals surface area contributed by atoms with Crippen molar-refractivity contribution >= 4 is 5.82 Å². The van der Waals surface area contributed by atoms with E-state index in [1.165, 1.54) is 12.3 Å². The lowest BCUT2D eigenvalue weighted by molar-refractivity contribution is 0.194. The van der Waals surface area contributed by atoms with Gasteiger partial charge in [-0.1, -0.05) is 6.07 Å². The molecule has 0 saturated carbocycles. The zero-order valence-electron chi connectivity index (χ0n) is 11.6. The number of nitrogens with zero attached hydrogens (tertiary/aromatic N) is 3. The van der Waals surface area contributed by atoms with Gasteiger partial charge in [-0.05, 0) is 36.2 Å². The lowest BCUT2D eigenvalue weighted by atomic mass is 10.0. The normalized spacial score (nSPS) is 20.9. The number of anilines is 1. The molecule has 1 aromatic carbocycles. The molecule has 4 nitrogen and oxygen atoms in total. The van der Waals surface area contributed by atoms with Crippen LogP contribution in [-0.4, -0.2) is 22.7 Å². The zero-order valence-corrected chi connectivity index (χ0v) is 11.6. The van der Waals surface area contributed by atoms with E-state index in [4.69, 9.17) is 5.26 Å². The highest BCUT2D eigenvalue weighted by molar-refractivity contribution is 5.46. The molecular weight excluding hydrogens is 288 g/mol. The molecule has 1 aliphatic heterocycles. The zero-order chi connectivity index (χ0) is 15.7. The molecule has 1 fully saturated rings. The van der Waals surface area contributed by atoms with E-state index < -0.39 is 17.7 Å². The predicted molar refractivity (Wildman–Crippen MR) is 76.0 cm³/mol. The Morgan fingerprint density at radius 2 is 2.05 bits per heavy atom. The van der Waals surface area contributed by atoms with E-state index in [9.17, 15) is 13.9 Å².